The van der Waals surface area contributed by atoms with Crippen molar-refractivity contribution in [3.8, 4) is 11.3 Å². The molecular formula is C26H17N3O6. The van der Waals surface area contributed by atoms with Crippen LogP contribution in [0.5, 0.6) is 0 Å². The number of aromatic nitrogens is 2. The number of rotatable bonds is 6. The summed E-state index contributed by atoms with van der Waals surface area (Å²) in [6.07, 6.45) is 3.05. The third-order valence-electron chi connectivity index (χ3n) is 5.60. The number of imide groups is 1. The van der Waals surface area contributed by atoms with Crippen LogP contribution >= 0.6 is 0 Å². The van der Waals surface area contributed by atoms with Gasteiger partial charge in [-0.2, -0.15) is 0 Å². The van der Waals surface area contributed by atoms with Gasteiger partial charge in [0.25, 0.3) is 11.8 Å². The molecule has 2 N–H and O–H groups in total. The van der Waals surface area contributed by atoms with Gasteiger partial charge in [0, 0.05) is 11.8 Å². The van der Waals surface area contributed by atoms with Gasteiger partial charge in [0.2, 0.25) is 0 Å². The van der Waals surface area contributed by atoms with Gasteiger partial charge in [-0.1, -0.05) is 36.4 Å². The van der Waals surface area contributed by atoms with E-state index in [1.807, 2.05) is 30.3 Å². The van der Waals surface area contributed by atoms with Gasteiger partial charge in [0.15, 0.2) is 0 Å². The first-order valence-corrected chi connectivity index (χ1v) is 10.5. The second kappa shape index (κ2) is 8.71. The van der Waals surface area contributed by atoms with Crippen LogP contribution in [0, 0.1) is 0 Å². The Bertz CT molecular complexity index is 1480. The predicted octanol–water partition coefficient (Wildman–Crippen LogP) is 3.93. The van der Waals surface area contributed by atoms with Crippen molar-refractivity contribution in [1.29, 1.82) is 0 Å². The van der Waals surface area contributed by atoms with Crippen molar-refractivity contribution in [3.63, 3.8) is 0 Å². The molecule has 1 aliphatic rings. The summed E-state index contributed by atoms with van der Waals surface area (Å²) in [6, 6.07) is 17.5. The van der Waals surface area contributed by atoms with Crippen LogP contribution < -0.4 is 4.90 Å². The average molecular weight is 467 g/mol. The maximum Gasteiger partial charge on any atom is 0.338 e. The number of hydrogen-bond donors (Lipinski definition) is 2. The summed E-state index contributed by atoms with van der Waals surface area (Å²) in [5.41, 5.74) is 1.69. The maximum absolute atomic E-state index is 13.2. The van der Waals surface area contributed by atoms with Crippen molar-refractivity contribution in [2.75, 3.05) is 4.90 Å². The summed E-state index contributed by atoms with van der Waals surface area (Å²) in [6.45, 7) is 0.0556. The highest BCUT2D eigenvalue weighted by Crippen LogP contribution is 2.33. The number of anilines is 1. The van der Waals surface area contributed by atoms with Gasteiger partial charge in [0.1, 0.15) is 6.61 Å². The molecule has 2 amide bonds. The third-order valence-corrected chi connectivity index (χ3v) is 5.60. The number of nitrogens with one attached hydrogen (secondary N) is 1. The topological polar surface area (TPSA) is 130 Å². The van der Waals surface area contributed by atoms with Crippen molar-refractivity contribution >= 4 is 29.4 Å². The number of benzene rings is 3. The number of carboxylic acid groups (broad SMARTS) is 1. The van der Waals surface area contributed by atoms with Gasteiger partial charge in [-0.05, 0) is 35.9 Å². The Balaban J connectivity index is 1.44. The number of aromatic carboxylic acids is 1. The number of amides is 2. The molecule has 0 unspecified atom stereocenters. The lowest BCUT2D eigenvalue weighted by atomic mass is 10.1. The Hall–Kier alpha value is -5.05. The number of esters is 1. The molecule has 5 rings (SSSR count). The maximum atomic E-state index is 13.2. The minimum Gasteiger partial charge on any atom is -0.478 e. The first kappa shape index (κ1) is 21.8. The minimum atomic E-state index is -1.31. The Kier molecular flexibility index (Phi) is 5.42. The molecular weight excluding hydrogens is 450 g/mol. The predicted molar refractivity (Wildman–Crippen MR) is 124 cm³/mol. The molecule has 0 saturated heterocycles. The van der Waals surface area contributed by atoms with Crippen molar-refractivity contribution in [2.24, 2.45) is 0 Å². The molecule has 0 radical (unpaired) electrons. The zero-order valence-corrected chi connectivity index (χ0v) is 18.1. The molecule has 0 fully saturated rings. The molecule has 2 heterocycles. The number of nitrogens with zero attached hydrogens (tertiary/aromatic N) is 2. The van der Waals surface area contributed by atoms with Crippen molar-refractivity contribution in [1.82, 2.24) is 9.97 Å². The lowest BCUT2D eigenvalue weighted by molar-refractivity contribution is 0.0472. The standard InChI is InChI=1S/C26H17N3O6/c30-23-18-8-6-17(26(34)35-13-15-4-2-1-3-5-15)11-19(18)24(31)29(23)22-9-7-16(10-20(22)25(32)33)21-12-27-14-28-21/h1-12,14H,13H2,(H,27,28)(H,32,33). The summed E-state index contributed by atoms with van der Waals surface area (Å²) in [4.78, 5) is 58.5. The molecule has 0 atom stereocenters. The number of H-pyrrole nitrogens is 1. The van der Waals surface area contributed by atoms with Gasteiger partial charge in [0.05, 0.1) is 40.0 Å². The lowest BCUT2D eigenvalue weighted by Crippen LogP contribution is -2.31. The fourth-order valence-corrected chi connectivity index (χ4v) is 3.87. The van der Waals surface area contributed by atoms with Crippen LogP contribution in [-0.2, 0) is 11.3 Å². The fourth-order valence-electron chi connectivity index (χ4n) is 3.87. The fraction of sp³-hybridized carbons (Fsp3) is 0.0385. The number of carbonyl (C=O) groups is 4. The van der Waals surface area contributed by atoms with Crippen LogP contribution in [-0.4, -0.2) is 38.8 Å². The second-order valence-electron chi connectivity index (χ2n) is 7.76. The second-order valence-corrected chi connectivity index (χ2v) is 7.76. The van der Waals surface area contributed by atoms with E-state index in [1.165, 1.54) is 36.7 Å². The van der Waals surface area contributed by atoms with Crippen LogP contribution in [0.15, 0.2) is 79.3 Å². The average Bonchev–Trinajstić information content (AvgIpc) is 3.50. The highest BCUT2D eigenvalue weighted by atomic mass is 16.5. The smallest absolute Gasteiger partial charge is 0.338 e. The number of aromatic amines is 1. The number of fused-ring (bicyclic) bond motifs is 1. The Morgan fingerprint density at radius 2 is 1.71 bits per heavy atom. The molecule has 35 heavy (non-hydrogen) atoms. The number of carboxylic acids is 1. The van der Waals surface area contributed by atoms with Gasteiger partial charge in [-0.15, -0.1) is 0 Å². The summed E-state index contributed by atoms with van der Waals surface area (Å²) < 4.78 is 5.31. The number of hydrogen-bond acceptors (Lipinski definition) is 6. The zero-order valence-electron chi connectivity index (χ0n) is 18.1. The van der Waals surface area contributed by atoms with Crippen molar-refractivity contribution < 1.29 is 29.0 Å². The van der Waals surface area contributed by atoms with Crippen LogP contribution in [0.4, 0.5) is 5.69 Å². The number of ether oxygens (including phenoxy) is 1. The Morgan fingerprint density at radius 1 is 0.943 bits per heavy atom. The molecule has 9 heteroatoms. The molecule has 1 aromatic heterocycles. The molecule has 172 valence electrons. The van der Waals surface area contributed by atoms with Crippen LogP contribution in [0.3, 0.4) is 0 Å². The van der Waals surface area contributed by atoms with Crippen LogP contribution in [0.25, 0.3) is 11.3 Å². The molecule has 0 aliphatic carbocycles. The summed E-state index contributed by atoms with van der Waals surface area (Å²) in [5, 5.41) is 9.77. The molecule has 0 bridgehead atoms. The Labute approximate surface area is 198 Å². The molecule has 4 aromatic rings. The van der Waals surface area contributed by atoms with Crippen molar-refractivity contribution in [2.45, 2.75) is 6.61 Å². The van der Waals surface area contributed by atoms with Crippen LogP contribution in [0.2, 0.25) is 0 Å². The van der Waals surface area contributed by atoms with E-state index in [9.17, 15) is 24.3 Å². The van der Waals surface area contributed by atoms with E-state index in [2.05, 4.69) is 9.97 Å². The third kappa shape index (κ3) is 3.95. The highest BCUT2D eigenvalue weighted by molar-refractivity contribution is 6.35. The highest BCUT2D eigenvalue weighted by Gasteiger charge is 2.39. The monoisotopic (exact) mass is 467 g/mol. The van der Waals surface area contributed by atoms with Gasteiger partial charge in [-0.25, -0.2) is 19.5 Å². The summed E-state index contributed by atoms with van der Waals surface area (Å²) in [7, 11) is 0. The summed E-state index contributed by atoms with van der Waals surface area (Å²) in [5.74, 6) is -3.36. The molecule has 0 saturated carbocycles. The van der Waals surface area contributed by atoms with Gasteiger partial charge < -0.3 is 14.8 Å². The number of carbonyl (C=O) groups excluding carboxylic acids is 3. The normalized spacial score (nSPS) is 12.5. The molecule has 0 spiro atoms. The van der Waals surface area contributed by atoms with Crippen LogP contribution in [0.1, 0.15) is 47.0 Å². The van der Waals surface area contributed by atoms with E-state index in [0.29, 0.717) is 11.3 Å². The molecule has 1 aliphatic heterocycles. The first-order chi connectivity index (χ1) is 16.9. The molecule has 3 aromatic carbocycles. The van der Waals surface area contributed by atoms with E-state index >= 15 is 0 Å². The van der Waals surface area contributed by atoms with E-state index < -0.39 is 23.8 Å². The lowest BCUT2D eigenvalue weighted by Gasteiger charge is -2.17. The SMILES string of the molecule is O=C(OCc1ccccc1)c1ccc2c(c1)C(=O)N(c1ccc(-c3c[nH]cn3)cc1C(=O)O)C2=O. The Morgan fingerprint density at radius 3 is 2.43 bits per heavy atom. The summed E-state index contributed by atoms with van der Waals surface area (Å²) >= 11 is 0. The minimum absolute atomic E-state index is 0.00289. The zero-order chi connectivity index (χ0) is 24.5. The van der Waals surface area contributed by atoms with E-state index in [-0.39, 0.29) is 34.5 Å². The number of imidazole rings is 1. The van der Waals surface area contributed by atoms with E-state index in [1.54, 1.807) is 12.3 Å². The largest absolute Gasteiger partial charge is 0.478 e. The van der Waals surface area contributed by atoms with E-state index in [4.69, 9.17) is 4.74 Å². The molecule has 9 nitrogen and oxygen atoms in total. The van der Waals surface area contributed by atoms with Crippen molar-refractivity contribution in [3.05, 3.63) is 107 Å². The van der Waals surface area contributed by atoms with Gasteiger partial charge in [-0.3, -0.25) is 9.59 Å². The quantitative estimate of drug-likeness (QED) is 0.325. The first-order valence-electron chi connectivity index (χ1n) is 10.5. The van der Waals surface area contributed by atoms with Gasteiger partial charge >= 0.3 is 11.9 Å². The van der Waals surface area contributed by atoms with E-state index in [0.717, 1.165) is 10.5 Å².